The van der Waals surface area contributed by atoms with Crippen LogP contribution in [0.25, 0.3) is 0 Å². The molecule has 0 aliphatic rings. The summed E-state index contributed by atoms with van der Waals surface area (Å²) in [5.41, 5.74) is -0.222. The Bertz CT molecular complexity index is 691. The Morgan fingerprint density at radius 3 is 2.55 bits per heavy atom. The molecule has 0 aliphatic carbocycles. The van der Waals surface area contributed by atoms with E-state index in [1.807, 2.05) is 0 Å². The first-order valence-corrected chi connectivity index (χ1v) is 6.23. The standard InChI is InChI=1S/C15H13FO6/c1-19-9-3-5-11(12(16)7-9)14(17)21-8-10-4-6-13(22-10)15(18)20-2/h3-7H,8H2,1-2H3. The monoisotopic (exact) mass is 308 g/mol. The number of carbonyl (C=O) groups is 2. The number of benzene rings is 1. The highest BCUT2D eigenvalue weighted by Crippen LogP contribution is 2.18. The van der Waals surface area contributed by atoms with Gasteiger partial charge in [-0.2, -0.15) is 0 Å². The van der Waals surface area contributed by atoms with Gasteiger partial charge in [-0.3, -0.25) is 0 Å². The van der Waals surface area contributed by atoms with Crippen LogP contribution >= 0.6 is 0 Å². The minimum atomic E-state index is -0.851. The maximum Gasteiger partial charge on any atom is 0.373 e. The van der Waals surface area contributed by atoms with Crippen LogP contribution in [0.5, 0.6) is 5.75 Å². The Morgan fingerprint density at radius 1 is 1.14 bits per heavy atom. The van der Waals surface area contributed by atoms with Crippen LogP contribution in [0.2, 0.25) is 0 Å². The van der Waals surface area contributed by atoms with Crippen molar-refractivity contribution >= 4 is 11.9 Å². The van der Waals surface area contributed by atoms with Gasteiger partial charge in [0.2, 0.25) is 5.76 Å². The molecule has 0 saturated heterocycles. The largest absolute Gasteiger partial charge is 0.497 e. The lowest BCUT2D eigenvalue weighted by Crippen LogP contribution is -2.07. The van der Waals surface area contributed by atoms with Crippen molar-refractivity contribution in [2.45, 2.75) is 6.61 Å². The molecule has 1 aromatic carbocycles. The van der Waals surface area contributed by atoms with Gasteiger partial charge in [0.1, 0.15) is 23.9 Å². The zero-order valence-electron chi connectivity index (χ0n) is 11.9. The van der Waals surface area contributed by atoms with Crippen molar-refractivity contribution in [1.82, 2.24) is 0 Å². The van der Waals surface area contributed by atoms with Crippen molar-refractivity contribution in [2.24, 2.45) is 0 Å². The van der Waals surface area contributed by atoms with Crippen LogP contribution in [0.1, 0.15) is 26.7 Å². The van der Waals surface area contributed by atoms with Crippen molar-refractivity contribution in [1.29, 1.82) is 0 Å². The number of hydrogen-bond donors (Lipinski definition) is 0. The van der Waals surface area contributed by atoms with E-state index in [4.69, 9.17) is 13.9 Å². The van der Waals surface area contributed by atoms with E-state index in [0.717, 1.165) is 6.07 Å². The Hall–Kier alpha value is -2.83. The van der Waals surface area contributed by atoms with Gasteiger partial charge in [-0.1, -0.05) is 0 Å². The second kappa shape index (κ2) is 6.75. The molecule has 1 heterocycles. The zero-order chi connectivity index (χ0) is 16.1. The highest BCUT2D eigenvalue weighted by molar-refractivity contribution is 5.90. The number of methoxy groups -OCH3 is 2. The molecule has 2 rings (SSSR count). The molecule has 1 aromatic heterocycles. The van der Waals surface area contributed by atoms with Crippen LogP contribution < -0.4 is 4.74 Å². The van der Waals surface area contributed by atoms with E-state index < -0.39 is 17.8 Å². The predicted octanol–water partition coefficient (Wildman–Crippen LogP) is 2.57. The third-order valence-corrected chi connectivity index (χ3v) is 2.79. The van der Waals surface area contributed by atoms with Crippen LogP contribution in [-0.4, -0.2) is 26.2 Å². The Morgan fingerprint density at radius 2 is 1.91 bits per heavy atom. The topological polar surface area (TPSA) is 75.0 Å². The molecule has 0 fully saturated rings. The molecular weight excluding hydrogens is 295 g/mol. The van der Waals surface area contributed by atoms with Crippen molar-refractivity contribution in [3.63, 3.8) is 0 Å². The molecule has 22 heavy (non-hydrogen) atoms. The number of hydrogen-bond acceptors (Lipinski definition) is 6. The van der Waals surface area contributed by atoms with Crippen molar-refractivity contribution in [3.8, 4) is 5.75 Å². The smallest absolute Gasteiger partial charge is 0.373 e. The normalized spacial score (nSPS) is 10.1. The average molecular weight is 308 g/mol. The molecule has 7 heteroatoms. The molecule has 0 unspecified atom stereocenters. The lowest BCUT2D eigenvalue weighted by Gasteiger charge is -2.05. The van der Waals surface area contributed by atoms with E-state index in [2.05, 4.69) is 4.74 Å². The molecule has 0 aliphatic heterocycles. The predicted molar refractivity (Wildman–Crippen MR) is 72.1 cm³/mol. The van der Waals surface area contributed by atoms with Gasteiger partial charge in [-0.15, -0.1) is 0 Å². The summed E-state index contributed by atoms with van der Waals surface area (Å²) < 4.78 is 33.1. The first-order valence-electron chi connectivity index (χ1n) is 6.23. The van der Waals surface area contributed by atoms with E-state index in [-0.39, 0.29) is 23.7 Å². The quantitative estimate of drug-likeness (QED) is 0.790. The fraction of sp³-hybridized carbons (Fsp3) is 0.200. The summed E-state index contributed by atoms with van der Waals surface area (Å²) in [4.78, 5) is 23.0. The Balaban J connectivity index is 2.01. The van der Waals surface area contributed by atoms with E-state index in [1.165, 1.54) is 38.5 Å². The van der Waals surface area contributed by atoms with Gasteiger partial charge in [-0.05, 0) is 24.3 Å². The maximum atomic E-state index is 13.7. The minimum absolute atomic E-state index is 0.0100. The zero-order valence-corrected chi connectivity index (χ0v) is 11.9. The van der Waals surface area contributed by atoms with Gasteiger partial charge in [0.25, 0.3) is 0 Å². The summed E-state index contributed by atoms with van der Waals surface area (Å²) in [5, 5.41) is 0. The number of esters is 2. The number of rotatable bonds is 5. The number of halogens is 1. The van der Waals surface area contributed by atoms with Crippen molar-refractivity contribution in [2.75, 3.05) is 14.2 Å². The molecule has 0 atom stereocenters. The third-order valence-electron chi connectivity index (χ3n) is 2.79. The Kier molecular flexibility index (Phi) is 4.77. The summed E-state index contributed by atoms with van der Waals surface area (Å²) in [5.74, 6) is -1.72. The number of ether oxygens (including phenoxy) is 3. The van der Waals surface area contributed by atoms with Crippen LogP contribution in [0.3, 0.4) is 0 Å². The average Bonchev–Trinajstić information content (AvgIpc) is 3.00. The van der Waals surface area contributed by atoms with Gasteiger partial charge in [0.05, 0.1) is 19.8 Å². The summed E-state index contributed by atoms with van der Waals surface area (Å²) >= 11 is 0. The van der Waals surface area contributed by atoms with Crippen LogP contribution in [0.15, 0.2) is 34.7 Å². The molecule has 0 spiro atoms. The van der Waals surface area contributed by atoms with E-state index in [9.17, 15) is 14.0 Å². The summed E-state index contributed by atoms with van der Waals surface area (Å²) in [7, 11) is 2.61. The molecule has 2 aromatic rings. The first kappa shape index (κ1) is 15.6. The lowest BCUT2D eigenvalue weighted by molar-refractivity contribution is 0.0433. The second-order valence-corrected chi connectivity index (χ2v) is 4.18. The highest BCUT2D eigenvalue weighted by Gasteiger charge is 2.16. The first-order chi connectivity index (χ1) is 10.5. The minimum Gasteiger partial charge on any atom is -0.497 e. The fourth-order valence-corrected chi connectivity index (χ4v) is 1.67. The summed E-state index contributed by atoms with van der Waals surface area (Å²) in [6.45, 7) is -0.235. The number of furan rings is 1. The Labute approximate surface area is 125 Å². The van der Waals surface area contributed by atoms with Gasteiger partial charge in [0.15, 0.2) is 0 Å². The van der Waals surface area contributed by atoms with Gasteiger partial charge < -0.3 is 18.6 Å². The maximum absolute atomic E-state index is 13.7. The molecule has 116 valence electrons. The lowest BCUT2D eigenvalue weighted by atomic mass is 10.2. The molecule has 0 amide bonds. The molecule has 0 saturated carbocycles. The molecule has 6 nitrogen and oxygen atoms in total. The fourth-order valence-electron chi connectivity index (χ4n) is 1.67. The third kappa shape index (κ3) is 3.43. The van der Waals surface area contributed by atoms with Crippen LogP contribution in [0, 0.1) is 5.82 Å². The van der Waals surface area contributed by atoms with Crippen LogP contribution in [-0.2, 0) is 16.1 Å². The molecule has 0 N–H and O–H groups in total. The summed E-state index contributed by atoms with van der Waals surface area (Å²) in [6.07, 6.45) is 0. The van der Waals surface area contributed by atoms with Gasteiger partial charge in [0, 0.05) is 6.07 Å². The molecule has 0 bridgehead atoms. The van der Waals surface area contributed by atoms with Crippen molar-refractivity contribution in [3.05, 3.63) is 53.2 Å². The highest BCUT2D eigenvalue weighted by atomic mass is 19.1. The van der Waals surface area contributed by atoms with E-state index in [1.54, 1.807) is 0 Å². The van der Waals surface area contributed by atoms with E-state index >= 15 is 0 Å². The molecule has 0 radical (unpaired) electrons. The van der Waals surface area contributed by atoms with E-state index in [0.29, 0.717) is 5.75 Å². The van der Waals surface area contributed by atoms with Gasteiger partial charge >= 0.3 is 11.9 Å². The second-order valence-electron chi connectivity index (χ2n) is 4.18. The summed E-state index contributed by atoms with van der Waals surface area (Å²) in [6, 6.07) is 6.65. The SMILES string of the molecule is COC(=O)c1ccc(COC(=O)c2ccc(OC)cc2F)o1. The molecular formula is C15H13FO6. The van der Waals surface area contributed by atoms with Crippen LogP contribution in [0.4, 0.5) is 4.39 Å². The van der Waals surface area contributed by atoms with Crippen molar-refractivity contribution < 1.29 is 32.6 Å². The van der Waals surface area contributed by atoms with Gasteiger partial charge in [-0.25, -0.2) is 14.0 Å². The number of carbonyl (C=O) groups excluding carboxylic acids is 2.